The van der Waals surface area contributed by atoms with Crippen LogP contribution in [0.3, 0.4) is 0 Å². The fraction of sp³-hybridized carbons (Fsp3) is 0. The molecule has 11 aromatic rings. The lowest BCUT2D eigenvalue weighted by atomic mass is 9.81. The molecule has 0 bridgehead atoms. The van der Waals surface area contributed by atoms with E-state index >= 15 is 0 Å². The topological polar surface area (TPSA) is 3.24 Å². The SMILES string of the molecule is c1ccc(-c2cc(-c3ccccc3)c3c4ccccc4c4cc(N(c5ccc6ccccc6c5)c5ccc6ccccc6c5)ccc4c3c2-c2ccccc2)cc1. The highest BCUT2D eigenvalue weighted by Gasteiger charge is 2.23. The first-order valence-electron chi connectivity index (χ1n) is 19.7. The number of hydrogen-bond acceptors (Lipinski definition) is 1. The zero-order valence-corrected chi connectivity index (χ0v) is 31.3. The third-order valence-electron chi connectivity index (χ3n) is 11.6. The monoisotopic (exact) mass is 723 g/mol. The van der Waals surface area contributed by atoms with Crippen LogP contribution in [-0.4, -0.2) is 0 Å². The number of anilines is 3. The maximum absolute atomic E-state index is 2.43. The van der Waals surface area contributed by atoms with Gasteiger partial charge in [-0.2, -0.15) is 0 Å². The quantitative estimate of drug-likeness (QED) is 0.154. The summed E-state index contributed by atoms with van der Waals surface area (Å²) in [7, 11) is 0. The van der Waals surface area contributed by atoms with Crippen molar-refractivity contribution >= 4 is 70.9 Å². The molecule has 0 aliphatic rings. The molecule has 0 amide bonds. The molecule has 0 radical (unpaired) electrons. The van der Waals surface area contributed by atoms with Gasteiger partial charge in [-0.05, 0) is 130 Å². The second-order valence-corrected chi connectivity index (χ2v) is 14.9. The van der Waals surface area contributed by atoms with Crippen LogP contribution in [0.2, 0.25) is 0 Å². The van der Waals surface area contributed by atoms with E-state index in [1.165, 1.54) is 87.2 Å². The molecule has 0 N–H and O–H groups in total. The van der Waals surface area contributed by atoms with Crippen LogP contribution in [0.1, 0.15) is 0 Å². The molecule has 1 heteroatoms. The summed E-state index contributed by atoms with van der Waals surface area (Å²) >= 11 is 0. The van der Waals surface area contributed by atoms with E-state index in [9.17, 15) is 0 Å². The molecule has 266 valence electrons. The van der Waals surface area contributed by atoms with Gasteiger partial charge in [0, 0.05) is 17.1 Å². The van der Waals surface area contributed by atoms with Crippen LogP contribution in [0.4, 0.5) is 17.1 Å². The van der Waals surface area contributed by atoms with E-state index in [4.69, 9.17) is 0 Å². The highest BCUT2D eigenvalue weighted by atomic mass is 15.1. The van der Waals surface area contributed by atoms with Gasteiger partial charge in [-0.15, -0.1) is 0 Å². The summed E-state index contributed by atoms with van der Waals surface area (Å²) in [4.78, 5) is 2.42. The Morgan fingerprint density at radius 1 is 0.246 bits per heavy atom. The van der Waals surface area contributed by atoms with Crippen LogP contribution >= 0.6 is 0 Å². The van der Waals surface area contributed by atoms with Crippen LogP contribution in [0.5, 0.6) is 0 Å². The van der Waals surface area contributed by atoms with Gasteiger partial charge in [-0.1, -0.05) is 182 Å². The van der Waals surface area contributed by atoms with Gasteiger partial charge in [0.25, 0.3) is 0 Å². The first-order chi connectivity index (χ1) is 28.3. The number of benzene rings is 11. The normalized spacial score (nSPS) is 11.5. The maximum atomic E-state index is 2.43. The predicted octanol–water partition coefficient (Wildman–Crippen LogP) is 15.9. The molecule has 1 nitrogen and oxygen atoms in total. The molecule has 11 rings (SSSR count). The zero-order chi connectivity index (χ0) is 37.7. The smallest absolute Gasteiger partial charge is 0.0468 e. The van der Waals surface area contributed by atoms with Crippen LogP contribution in [0.15, 0.2) is 224 Å². The highest BCUT2D eigenvalue weighted by molar-refractivity contribution is 6.33. The van der Waals surface area contributed by atoms with Gasteiger partial charge < -0.3 is 4.90 Å². The molecule has 0 atom stereocenters. The molecule has 0 heterocycles. The minimum Gasteiger partial charge on any atom is -0.310 e. The first-order valence-corrected chi connectivity index (χ1v) is 19.7. The van der Waals surface area contributed by atoms with Gasteiger partial charge in [0.15, 0.2) is 0 Å². The Balaban J connectivity index is 1.27. The van der Waals surface area contributed by atoms with E-state index in [1.807, 2.05) is 0 Å². The summed E-state index contributed by atoms with van der Waals surface area (Å²) in [5, 5.41) is 12.4. The van der Waals surface area contributed by atoms with Crippen molar-refractivity contribution in [2.75, 3.05) is 4.90 Å². The Kier molecular flexibility index (Phi) is 7.89. The van der Waals surface area contributed by atoms with Gasteiger partial charge in [0.2, 0.25) is 0 Å². The Morgan fingerprint density at radius 3 is 1.28 bits per heavy atom. The Morgan fingerprint density at radius 2 is 0.684 bits per heavy atom. The highest BCUT2D eigenvalue weighted by Crippen LogP contribution is 2.50. The Hall–Kier alpha value is -7.48. The fourth-order valence-corrected chi connectivity index (χ4v) is 8.95. The van der Waals surface area contributed by atoms with E-state index in [2.05, 4.69) is 229 Å². The third-order valence-corrected chi connectivity index (χ3v) is 11.6. The Labute approximate surface area is 332 Å². The minimum absolute atomic E-state index is 1.11. The van der Waals surface area contributed by atoms with Crippen LogP contribution in [-0.2, 0) is 0 Å². The molecule has 11 aromatic carbocycles. The van der Waals surface area contributed by atoms with Crippen molar-refractivity contribution in [3.8, 4) is 33.4 Å². The molecule has 57 heavy (non-hydrogen) atoms. The molecule has 0 saturated heterocycles. The van der Waals surface area contributed by atoms with Gasteiger partial charge in [0.1, 0.15) is 0 Å². The third kappa shape index (κ3) is 5.63. The average molecular weight is 724 g/mol. The molecule has 0 aliphatic carbocycles. The Bertz CT molecular complexity index is 3200. The second-order valence-electron chi connectivity index (χ2n) is 14.9. The molecular formula is C56H37N. The molecule has 0 unspecified atom stereocenters. The summed E-state index contributed by atoms with van der Waals surface area (Å²) in [6.07, 6.45) is 0. The molecule has 0 fully saturated rings. The van der Waals surface area contributed by atoms with Gasteiger partial charge in [-0.25, -0.2) is 0 Å². The van der Waals surface area contributed by atoms with Gasteiger partial charge >= 0.3 is 0 Å². The summed E-state index contributed by atoms with van der Waals surface area (Å²) in [5.41, 5.74) is 10.7. The largest absolute Gasteiger partial charge is 0.310 e. The lowest BCUT2D eigenvalue weighted by molar-refractivity contribution is 1.30. The first kappa shape index (κ1) is 32.9. The second kappa shape index (κ2) is 13.7. The van der Waals surface area contributed by atoms with Crippen molar-refractivity contribution in [2.24, 2.45) is 0 Å². The van der Waals surface area contributed by atoms with E-state index < -0.39 is 0 Å². The van der Waals surface area contributed by atoms with Crippen LogP contribution in [0.25, 0.3) is 87.2 Å². The number of hydrogen-bond donors (Lipinski definition) is 0. The van der Waals surface area contributed by atoms with E-state index in [-0.39, 0.29) is 0 Å². The van der Waals surface area contributed by atoms with E-state index in [1.54, 1.807) is 0 Å². The fourth-order valence-electron chi connectivity index (χ4n) is 8.95. The summed E-state index contributed by atoms with van der Waals surface area (Å²) in [6.45, 7) is 0. The van der Waals surface area contributed by atoms with Crippen LogP contribution < -0.4 is 4.90 Å². The summed E-state index contributed by atoms with van der Waals surface area (Å²) in [5.74, 6) is 0. The van der Waals surface area contributed by atoms with Crippen molar-refractivity contribution in [3.05, 3.63) is 224 Å². The van der Waals surface area contributed by atoms with Crippen molar-refractivity contribution < 1.29 is 0 Å². The van der Waals surface area contributed by atoms with E-state index in [0.717, 1.165) is 17.1 Å². The average Bonchev–Trinajstić information content (AvgIpc) is 3.29. The number of rotatable bonds is 6. The molecule has 0 spiro atoms. The summed E-state index contributed by atoms with van der Waals surface area (Å²) < 4.78 is 0. The molecule has 0 aromatic heterocycles. The standard InChI is InChI=1S/C56H37N/c1-4-18-40(19-5-1)51-37-52(41-20-6-2-7-21-41)55-49-27-15-14-26-48(49)53-36-47(32-33-50(53)56(55)54(51)42-22-8-3-9-23-42)57(45-30-28-38-16-10-12-24-43(38)34-45)46-31-29-39-17-11-13-25-44(39)35-46/h1-37H. The number of nitrogens with zero attached hydrogens (tertiary/aromatic N) is 1. The minimum atomic E-state index is 1.11. The maximum Gasteiger partial charge on any atom is 0.0468 e. The lowest BCUT2D eigenvalue weighted by Gasteiger charge is -2.27. The van der Waals surface area contributed by atoms with Crippen molar-refractivity contribution in [2.45, 2.75) is 0 Å². The predicted molar refractivity (Wildman–Crippen MR) is 245 cm³/mol. The zero-order valence-electron chi connectivity index (χ0n) is 31.3. The van der Waals surface area contributed by atoms with Gasteiger partial charge in [0.05, 0.1) is 0 Å². The van der Waals surface area contributed by atoms with Crippen molar-refractivity contribution in [1.82, 2.24) is 0 Å². The molecule has 0 saturated carbocycles. The van der Waals surface area contributed by atoms with E-state index in [0.29, 0.717) is 0 Å². The van der Waals surface area contributed by atoms with Crippen molar-refractivity contribution in [1.29, 1.82) is 0 Å². The summed E-state index contributed by atoms with van der Waals surface area (Å²) in [6, 6.07) is 82.2. The van der Waals surface area contributed by atoms with Crippen LogP contribution in [0, 0.1) is 0 Å². The molecular weight excluding hydrogens is 687 g/mol. The van der Waals surface area contributed by atoms with Crippen molar-refractivity contribution in [3.63, 3.8) is 0 Å². The lowest BCUT2D eigenvalue weighted by Crippen LogP contribution is -2.10. The number of fused-ring (bicyclic) bond motifs is 8. The molecule has 0 aliphatic heterocycles. The van der Waals surface area contributed by atoms with Gasteiger partial charge in [-0.3, -0.25) is 0 Å².